The van der Waals surface area contributed by atoms with Crippen molar-refractivity contribution in [3.63, 3.8) is 0 Å². The molecule has 0 radical (unpaired) electrons. The fourth-order valence-electron chi connectivity index (χ4n) is 4.31. The van der Waals surface area contributed by atoms with E-state index in [0.717, 1.165) is 10.9 Å². The number of carboxylic acid groups (broad SMARTS) is 1. The average Bonchev–Trinajstić information content (AvgIpc) is 3.34. The van der Waals surface area contributed by atoms with E-state index in [1.807, 2.05) is 0 Å². The van der Waals surface area contributed by atoms with Crippen molar-refractivity contribution in [1.29, 1.82) is 0 Å². The number of aromatic amines is 1. The first kappa shape index (κ1) is 31.6. The number of carbonyl (C=O) groups excluding carboxylic acids is 4. The summed E-state index contributed by atoms with van der Waals surface area (Å²) in [7, 11) is 0. The van der Waals surface area contributed by atoms with Crippen molar-refractivity contribution in [3.05, 3.63) is 65.9 Å². The lowest BCUT2D eigenvalue weighted by Crippen LogP contribution is -2.59. The third-order valence-electron chi connectivity index (χ3n) is 6.55. The number of phenolic OH excluding ortho intramolecular Hbond substituents is 1. The second-order valence-corrected chi connectivity index (χ2v) is 9.90. The van der Waals surface area contributed by atoms with Crippen LogP contribution in [-0.4, -0.2) is 80.2 Å². The topological polar surface area (TPSA) is 250 Å². The number of fused-ring (bicyclic) bond motifs is 1. The minimum atomic E-state index is -1.67. The SMILES string of the molecule is CC(O)C(NC(=O)C(Cc1c[nH]c2ccccc12)NC(=O)C(CC(N)=O)NC(=O)C(N)Cc1ccc(O)cc1)C(=O)O. The van der Waals surface area contributed by atoms with Crippen molar-refractivity contribution in [1.82, 2.24) is 20.9 Å². The lowest BCUT2D eigenvalue weighted by molar-refractivity contribution is -0.145. The first-order chi connectivity index (χ1) is 19.8. The van der Waals surface area contributed by atoms with Gasteiger partial charge in [0.05, 0.1) is 18.6 Å². The smallest absolute Gasteiger partial charge is 0.328 e. The predicted molar refractivity (Wildman–Crippen MR) is 151 cm³/mol. The van der Waals surface area contributed by atoms with Gasteiger partial charge in [-0.2, -0.15) is 0 Å². The molecule has 0 fully saturated rings. The lowest BCUT2D eigenvalue weighted by atomic mass is 10.0. The number of primary amides is 1. The summed E-state index contributed by atoms with van der Waals surface area (Å²) in [6.07, 6.45) is -0.487. The first-order valence-corrected chi connectivity index (χ1v) is 13.0. The Bertz CT molecular complexity index is 1440. The Morgan fingerprint density at radius 1 is 0.881 bits per heavy atom. The van der Waals surface area contributed by atoms with Gasteiger partial charge in [0.2, 0.25) is 23.6 Å². The molecule has 3 aromatic rings. The molecule has 5 unspecified atom stereocenters. The molecule has 0 aliphatic carbocycles. The largest absolute Gasteiger partial charge is 0.508 e. The van der Waals surface area contributed by atoms with Gasteiger partial charge in [-0.3, -0.25) is 19.2 Å². The summed E-state index contributed by atoms with van der Waals surface area (Å²) in [5, 5.41) is 36.5. The standard InChI is InChI=1S/C28H34N6O8/c1-14(35)24(28(41)42)34-27(40)21(11-16-13-31-20-5-3-2-4-18(16)20)33-26(39)22(12-23(30)37)32-25(38)19(29)10-15-6-8-17(36)9-7-15/h2-9,13-14,19,21-22,24,31,35-36H,10-12,29H2,1H3,(H2,30,37)(H,32,38)(H,33,39)(H,34,40)(H,41,42). The van der Waals surface area contributed by atoms with Crippen LogP contribution >= 0.6 is 0 Å². The molecule has 2 aromatic carbocycles. The van der Waals surface area contributed by atoms with E-state index >= 15 is 0 Å². The highest BCUT2D eigenvalue weighted by Crippen LogP contribution is 2.19. The number of aliphatic hydroxyl groups is 1. The van der Waals surface area contributed by atoms with Crippen LogP contribution in [0, 0.1) is 0 Å². The number of aromatic hydroxyl groups is 1. The molecule has 1 heterocycles. The summed E-state index contributed by atoms with van der Waals surface area (Å²) >= 11 is 0. The number of aliphatic carboxylic acids is 1. The summed E-state index contributed by atoms with van der Waals surface area (Å²) in [6, 6.07) is 7.48. The van der Waals surface area contributed by atoms with Gasteiger partial charge >= 0.3 is 5.97 Å². The average molecular weight is 583 g/mol. The van der Waals surface area contributed by atoms with E-state index in [2.05, 4.69) is 20.9 Å². The molecule has 1 aromatic heterocycles. The zero-order valence-corrected chi connectivity index (χ0v) is 22.7. The molecule has 14 heteroatoms. The number of H-pyrrole nitrogens is 1. The molecule has 0 saturated carbocycles. The van der Waals surface area contributed by atoms with E-state index in [0.29, 0.717) is 11.1 Å². The van der Waals surface area contributed by atoms with Crippen LogP contribution in [0.1, 0.15) is 24.5 Å². The van der Waals surface area contributed by atoms with E-state index in [-0.39, 0.29) is 18.6 Å². The van der Waals surface area contributed by atoms with E-state index in [1.54, 1.807) is 42.6 Å². The molecular formula is C28H34N6O8. The van der Waals surface area contributed by atoms with Crippen molar-refractivity contribution in [2.24, 2.45) is 11.5 Å². The van der Waals surface area contributed by atoms with Gasteiger partial charge in [-0.05, 0) is 42.7 Å². The number of phenols is 1. The van der Waals surface area contributed by atoms with Gasteiger partial charge in [-0.25, -0.2) is 4.79 Å². The molecule has 42 heavy (non-hydrogen) atoms. The van der Waals surface area contributed by atoms with Gasteiger partial charge in [0.25, 0.3) is 0 Å². The molecular weight excluding hydrogens is 548 g/mol. The number of nitrogens with one attached hydrogen (secondary N) is 4. The fraction of sp³-hybridized carbons (Fsp3) is 0.321. The van der Waals surface area contributed by atoms with E-state index in [9.17, 15) is 39.3 Å². The first-order valence-electron chi connectivity index (χ1n) is 13.0. The van der Waals surface area contributed by atoms with Crippen LogP contribution in [0.25, 0.3) is 10.9 Å². The molecule has 0 aliphatic rings. The number of hydrogen-bond donors (Lipinski definition) is 9. The Kier molecular flexibility index (Phi) is 10.6. The van der Waals surface area contributed by atoms with Gasteiger partial charge in [-0.1, -0.05) is 30.3 Å². The second kappa shape index (κ2) is 14.1. The number of hydrogen-bond acceptors (Lipinski definition) is 8. The molecule has 0 saturated heterocycles. The van der Waals surface area contributed by atoms with Crippen LogP contribution < -0.4 is 27.4 Å². The molecule has 224 valence electrons. The Morgan fingerprint density at radius 3 is 2.12 bits per heavy atom. The highest BCUT2D eigenvalue weighted by molar-refractivity contribution is 5.96. The zero-order chi connectivity index (χ0) is 31.0. The maximum absolute atomic E-state index is 13.3. The Morgan fingerprint density at radius 2 is 1.50 bits per heavy atom. The number of benzene rings is 2. The Balaban J connectivity index is 1.82. The van der Waals surface area contributed by atoms with Crippen molar-refractivity contribution in [2.45, 2.75) is 56.5 Å². The van der Waals surface area contributed by atoms with Gasteiger partial charge in [0.15, 0.2) is 6.04 Å². The van der Waals surface area contributed by atoms with Crippen LogP contribution in [0.3, 0.4) is 0 Å². The van der Waals surface area contributed by atoms with E-state index in [1.165, 1.54) is 19.1 Å². The molecule has 5 atom stereocenters. The van der Waals surface area contributed by atoms with Crippen molar-refractivity contribution in [3.8, 4) is 5.75 Å². The van der Waals surface area contributed by atoms with Gasteiger partial charge in [0, 0.05) is 23.5 Å². The number of carboxylic acids is 1. The number of aliphatic hydroxyl groups excluding tert-OH is 1. The van der Waals surface area contributed by atoms with Gasteiger partial charge in [0.1, 0.15) is 17.8 Å². The minimum Gasteiger partial charge on any atom is -0.508 e. The van der Waals surface area contributed by atoms with Crippen molar-refractivity contribution in [2.75, 3.05) is 0 Å². The van der Waals surface area contributed by atoms with Crippen LogP contribution in [-0.2, 0) is 36.8 Å². The number of aromatic nitrogens is 1. The summed E-state index contributed by atoms with van der Waals surface area (Å²) in [5.74, 6) is -5.01. The quantitative estimate of drug-likeness (QED) is 0.110. The third kappa shape index (κ3) is 8.52. The molecule has 3 rings (SSSR count). The van der Waals surface area contributed by atoms with Gasteiger partial charge < -0.3 is 47.7 Å². The number of rotatable bonds is 14. The summed E-state index contributed by atoms with van der Waals surface area (Å²) < 4.78 is 0. The lowest BCUT2D eigenvalue weighted by Gasteiger charge is -2.25. The third-order valence-corrected chi connectivity index (χ3v) is 6.55. The van der Waals surface area contributed by atoms with Crippen LogP contribution in [0.15, 0.2) is 54.7 Å². The molecule has 14 nitrogen and oxygen atoms in total. The molecule has 0 aliphatic heterocycles. The van der Waals surface area contributed by atoms with Crippen LogP contribution in [0.2, 0.25) is 0 Å². The molecule has 11 N–H and O–H groups in total. The maximum atomic E-state index is 13.3. The minimum absolute atomic E-state index is 0.0318. The predicted octanol–water partition coefficient (Wildman–Crippen LogP) is -1.22. The maximum Gasteiger partial charge on any atom is 0.328 e. The highest BCUT2D eigenvalue weighted by atomic mass is 16.4. The fourth-order valence-corrected chi connectivity index (χ4v) is 4.31. The Labute approximate surface area is 240 Å². The molecule has 4 amide bonds. The molecule has 0 bridgehead atoms. The summed E-state index contributed by atoms with van der Waals surface area (Å²) in [6.45, 7) is 1.19. The number of nitrogens with two attached hydrogens (primary N) is 2. The van der Waals surface area contributed by atoms with Crippen LogP contribution in [0.5, 0.6) is 5.75 Å². The monoisotopic (exact) mass is 582 g/mol. The van der Waals surface area contributed by atoms with Crippen LogP contribution in [0.4, 0.5) is 0 Å². The second-order valence-electron chi connectivity index (χ2n) is 9.90. The van der Waals surface area contributed by atoms with E-state index < -0.39 is 66.3 Å². The number of amides is 4. The summed E-state index contributed by atoms with van der Waals surface area (Å²) in [4.78, 5) is 65.8. The van der Waals surface area contributed by atoms with Crippen molar-refractivity contribution >= 4 is 40.5 Å². The highest BCUT2D eigenvalue weighted by Gasteiger charge is 2.33. The Hall–Kier alpha value is -4.95. The summed E-state index contributed by atoms with van der Waals surface area (Å²) in [5.41, 5.74) is 13.3. The molecule has 0 spiro atoms. The zero-order valence-electron chi connectivity index (χ0n) is 22.7. The normalized spacial score (nSPS) is 14.6. The number of para-hydroxylation sites is 1. The van der Waals surface area contributed by atoms with Crippen molar-refractivity contribution < 1.29 is 39.3 Å². The number of carbonyl (C=O) groups is 5. The van der Waals surface area contributed by atoms with E-state index in [4.69, 9.17) is 11.5 Å². The van der Waals surface area contributed by atoms with Gasteiger partial charge in [-0.15, -0.1) is 0 Å².